The number of amides is 2. The second-order valence-electron chi connectivity index (χ2n) is 17.8. The van der Waals surface area contributed by atoms with E-state index in [9.17, 15) is 9.59 Å². The highest BCUT2D eigenvalue weighted by atomic mass is 35.5. The fraction of sp³-hybridized carbons (Fsp3) is 0.250. The van der Waals surface area contributed by atoms with E-state index < -0.39 is 0 Å². The van der Waals surface area contributed by atoms with Crippen molar-refractivity contribution in [3.05, 3.63) is 144 Å². The van der Waals surface area contributed by atoms with Crippen LogP contribution in [0.5, 0.6) is 28.7 Å². The monoisotopic (exact) mass is 950 g/mol. The molecule has 2 atom stereocenters. The second kappa shape index (κ2) is 19.6. The van der Waals surface area contributed by atoms with Gasteiger partial charge in [-0.15, -0.1) is 0 Å². The summed E-state index contributed by atoms with van der Waals surface area (Å²) in [7, 11) is 1.52. The number of carbonyl (C=O) groups is 2. The van der Waals surface area contributed by atoms with Gasteiger partial charge in [-0.3, -0.25) is 28.9 Å². The van der Waals surface area contributed by atoms with Crippen LogP contribution in [0.15, 0.2) is 122 Å². The summed E-state index contributed by atoms with van der Waals surface area (Å²) in [5, 5.41) is 12.4. The summed E-state index contributed by atoms with van der Waals surface area (Å²) in [6.45, 7) is 12.3. The Morgan fingerprint density at radius 2 is 1.26 bits per heavy atom. The number of aryl methyl sites for hydroxylation is 1. The van der Waals surface area contributed by atoms with E-state index >= 15 is 0 Å². The van der Waals surface area contributed by atoms with Crippen LogP contribution in [0.25, 0.3) is 49.9 Å². The molecule has 14 heteroatoms. The van der Waals surface area contributed by atoms with Gasteiger partial charge in [0.15, 0.2) is 0 Å². The molecule has 13 nitrogen and oxygen atoms in total. The lowest BCUT2D eigenvalue weighted by molar-refractivity contribution is -0.127. The van der Waals surface area contributed by atoms with Crippen molar-refractivity contribution in [2.75, 3.05) is 33.3 Å². The van der Waals surface area contributed by atoms with Gasteiger partial charge in [0.2, 0.25) is 0 Å². The molecule has 2 fully saturated rings. The number of benzene rings is 4. The van der Waals surface area contributed by atoms with E-state index in [4.69, 9.17) is 36.0 Å². The summed E-state index contributed by atoms with van der Waals surface area (Å²) in [6, 6.07) is 28.9. The topological polar surface area (TPSA) is 130 Å². The molecule has 2 saturated heterocycles. The van der Waals surface area contributed by atoms with Gasteiger partial charge in [0.1, 0.15) is 45.2 Å². The number of methoxy groups -OCH3 is 1. The first-order chi connectivity index (χ1) is 34.1. The number of aromatic nitrogens is 6. The predicted octanol–water partition coefficient (Wildman–Crippen LogP) is 11.4. The van der Waals surface area contributed by atoms with Crippen LogP contribution >= 0.6 is 11.6 Å². The fourth-order valence-electron chi connectivity index (χ4n) is 9.55. The first-order valence-electron chi connectivity index (χ1n) is 23.4. The third kappa shape index (κ3) is 8.94. The molecule has 2 aliphatic heterocycles. The number of piperidine rings is 2. The molecule has 0 N–H and O–H groups in total. The Labute approximate surface area is 411 Å². The molecule has 2 aliphatic rings. The number of fused-ring (bicyclic) bond motifs is 2. The van der Waals surface area contributed by atoms with Crippen LogP contribution in [-0.4, -0.2) is 84.4 Å². The minimum atomic E-state index is -0.203. The summed E-state index contributed by atoms with van der Waals surface area (Å²) in [4.78, 5) is 39.6. The van der Waals surface area contributed by atoms with E-state index in [1.807, 2.05) is 99.5 Å². The molecular formula is C56H51ClN8O5. The lowest BCUT2D eigenvalue weighted by atomic mass is 10.0. The Balaban J connectivity index is 0.852. The Bertz CT molecular complexity index is 3370. The Kier molecular flexibility index (Phi) is 12.8. The first kappa shape index (κ1) is 45.8. The van der Waals surface area contributed by atoms with Crippen molar-refractivity contribution < 1.29 is 23.8 Å². The molecule has 0 saturated carbocycles. The third-order valence-corrected chi connectivity index (χ3v) is 13.8. The predicted molar refractivity (Wildman–Crippen MR) is 272 cm³/mol. The highest BCUT2D eigenvalue weighted by Crippen LogP contribution is 2.42. The van der Waals surface area contributed by atoms with Crippen molar-refractivity contribution in [1.29, 1.82) is 0 Å². The smallest absolute Gasteiger partial charge is 0.298 e. The quantitative estimate of drug-likeness (QED) is 0.0919. The summed E-state index contributed by atoms with van der Waals surface area (Å²) >= 11 is 6.87. The first-order valence-corrected chi connectivity index (χ1v) is 23.8. The largest absolute Gasteiger partial charge is 0.495 e. The van der Waals surface area contributed by atoms with Crippen LogP contribution in [0.2, 0.25) is 5.02 Å². The standard InChI is InChI=1S/C56H51ClN8O5/c1-6-10-52(66)62-27-8-12-41(33-62)64-47-23-25-58-31-45(47)54(60-64)39-17-21-44(22-18-39)70-51-30-40(29-50(68-5)53(51)57)37(4)56(67)63-28-9-13-42(34-63)65-48-24-26-59-32-46(48)55(61-65)38-15-19-43(20-16-38)69-49-14-7-11-35(2)36(49)3/h7,11,14-26,29-32,41-42H,4,8-9,12-13,27-28,33-34H2,1-3,5H3/t41-,42-/m1/s1. The molecule has 4 aromatic heterocycles. The summed E-state index contributed by atoms with van der Waals surface area (Å²) in [6.07, 6.45) is 10.6. The van der Waals surface area contributed by atoms with Gasteiger partial charge in [-0.1, -0.05) is 36.2 Å². The number of hydrogen-bond acceptors (Lipinski definition) is 9. The molecule has 0 bridgehead atoms. The molecule has 8 aromatic rings. The van der Waals surface area contributed by atoms with Gasteiger partial charge >= 0.3 is 0 Å². The maximum absolute atomic E-state index is 14.4. The van der Waals surface area contributed by atoms with Gasteiger partial charge in [0.25, 0.3) is 11.8 Å². The zero-order valence-corrected chi connectivity index (χ0v) is 40.2. The third-order valence-electron chi connectivity index (χ3n) is 13.4. The van der Waals surface area contributed by atoms with Gasteiger partial charge in [-0.05, 0) is 148 Å². The van der Waals surface area contributed by atoms with Gasteiger partial charge < -0.3 is 24.0 Å². The van der Waals surface area contributed by atoms with Gasteiger partial charge in [0, 0.05) is 78.4 Å². The number of nitrogens with zero attached hydrogens (tertiary/aromatic N) is 8. The van der Waals surface area contributed by atoms with Gasteiger partial charge in [-0.25, -0.2) is 0 Å². The lowest BCUT2D eigenvalue weighted by Gasteiger charge is -2.33. The Morgan fingerprint density at radius 3 is 1.83 bits per heavy atom. The summed E-state index contributed by atoms with van der Waals surface area (Å²) < 4.78 is 22.4. The SMILES string of the molecule is C=C(C(=O)N1CCC[C@@H](n2nc(-c3ccc(Oc4cccc(C)c4C)cc3)c3cnccc32)C1)c1cc(OC)c(Cl)c(Oc2ccc(-c3nn([C@@H]4CCCN(C(=O)C#CC)C4)c4ccncc34)cc2)c1. The molecule has 0 aliphatic carbocycles. The van der Waals surface area contributed by atoms with Crippen LogP contribution in [0.3, 0.4) is 0 Å². The van der Waals surface area contributed by atoms with Crippen LogP contribution in [0.1, 0.15) is 61.4 Å². The van der Waals surface area contributed by atoms with E-state index in [0.717, 1.165) is 87.1 Å². The number of rotatable bonds is 11. The Hall–Kier alpha value is -7.95. The average molecular weight is 952 g/mol. The van der Waals surface area contributed by atoms with Crippen molar-refractivity contribution in [3.8, 4) is 63.1 Å². The lowest BCUT2D eigenvalue weighted by Crippen LogP contribution is -2.41. The van der Waals surface area contributed by atoms with E-state index in [1.54, 1.807) is 36.4 Å². The van der Waals surface area contributed by atoms with Gasteiger partial charge in [-0.2, -0.15) is 10.2 Å². The summed E-state index contributed by atoms with van der Waals surface area (Å²) in [5.41, 5.74) is 8.36. The van der Waals surface area contributed by atoms with Crippen molar-refractivity contribution in [2.24, 2.45) is 0 Å². The van der Waals surface area contributed by atoms with Gasteiger partial charge in [0.05, 0.1) is 30.2 Å². The van der Waals surface area contributed by atoms with Crippen molar-refractivity contribution in [3.63, 3.8) is 0 Å². The zero-order valence-electron chi connectivity index (χ0n) is 39.5. The van der Waals surface area contributed by atoms with E-state index in [2.05, 4.69) is 48.3 Å². The van der Waals surface area contributed by atoms with Crippen LogP contribution in [0.4, 0.5) is 0 Å². The van der Waals surface area contributed by atoms with E-state index in [-0.39, 0.29) is 34.5 Å². The highest BCUT2D eigenvalue weighted by molar-refractivity contribution is 6.34. The minimum Gasteiger partial charge on any atom is -0.495 e. The van der Waals surface area contributed by atoms with Crippen LogP contribution in [0, 0.1) is 25.7 Å². The molecule has 70 heavy (non-hydrogen) atoms. The summed E-state index contributed by atoms with van der Waals surface area (Å²) in [5.74, 6) is 7.78. The molecule has 10 rings (SSSR count). The second-order valence-corrected chi connectivity index (χ2v) is 18.1. The van der Waals surface area contributed by atoms with Crippen molar-refractivity contribution >= 4 is 50.8 Å². The average Bonchev–Trinajstić information content (AvgIpc) is 3.98. The maximum Gasteiger partial charge on any atom is 0.298 e. The molecular weight excluding hydrogens is 900 g/mol. The van der Waals surface area contributed by atoms with Crippen molar-refractivity contribution in [2.45, 2.75) is 58.5 Å². The molecule has 0 unspecified atom stereocenters. The zero-order chi connectivity index (χ0) is 48.5. The number of likely N-dealkylation sites (tertiary alicyclic amines) is 2. The fourth-order valence-corrected chi connectivity index (χ4v) is 9.78. The normalized spacial score (nSPS) is 15.9. The highest BCUT2D eigenvalue weighted by Gasteiger charge is 2.31. The molecule has 0 spiro atoms. The molecule has 352 valence electrons. The number of halogens is 1. The number of ether oxygens (including phenoxy) is 3. The van der Waals surface area contributed by atoms with Crippen LogP contribution in [-0.2, 0) is 9.59 Å². The van der Waals surface area contributed by atoms with Crippen LogP contribution < -0.4 is 14.2 Å². The number of pyridine rings is 2. The molecule has 0 radical (unpaired) electrons. The number of hydrogen-bond donors (Lipinski definition) is 0. The maximum atomic E-state index is 14.4. The molecule has 2 amide bonds. The van der Waals surface area contributed by atoms with Crippen molar-refractivity contribution in [1.82, 2.24) is 39.3 Å². The van der Waals surface area contributed by atoms with E-state index in [0.29, 0.717) is 49.0 Å². The molecule has 4 aromatic carbocycles. The minimum absolute atomic E-state index is 0.00603. The number of carbonyl (C=O) groups excluding carboxylic acids is 2. The molecule has 6 heterocycles. The Morgan fingerprint density at radius 1 is 0.714 bits per heavy atom. The van der Waals surface area contributed by atoms with E-state index in [1.165, 1.54) is 12.7 Å².